The Morgan fingerprint density at radius 3 is 2.55 bits per heavy atom. The molecule has 0 unspecified atom stereocenters. The molecule has 4 amide bonds. The van der Waals surface area contributed by atoms with Crippen molar-refractivity contribution in [1.29, 1.82) is 5.26 Å². The minimum absolute atomic E-state index is 0.139. The van der Waals surface area contributed by atoms with Crippen molar-refractivity contribution >= 4 is 45.2 Å². The summed E-state index contributed by atoms with van der Waals surface area (Å²) >= 11 is 3.29. The first-order valence-corrected chi connectivity index (χ1v) is 10.4. The Kier molecular flexibility index (Phi) is 7.15. The van der Waals surface area contributed by atoms with E-state index >= 15 is 0 Å². The van der Waals surface area contributed by atoms with Gasteiger partial charge in [0, 0.05) is 29.7 Å². The number of carbonyl (C=O) groups is 4. The van der Waals surface area contributed by atoms with Gasteiger partial charge >= 0.3 is 0 Å². The monoisotopic (exact) mass is 482 g/mol. The molecule has 0 radical (unpaired) electrons. The molecule has 2 aromatic rings. The molecule has 0 bridgehead atoms. The van der Waals surface area contributed by atoms with Crippen molar-refractivity contribution in [1.82, 2.24) is 10.2 Å². The highest BCUT2D eigenvalue weighted by molar-refractivity contribution is 9.10. The number of anilines is 1. The van der Waals surface area contributed by atoms with E-state index in [1.54, 1.807) is 48.5 Å². The second-order valence-electron chi connectivity index (χ2n) is 6.87. The summed E-state index contributed by atoms with van der Waals surface area (Å²) in [6, 6.07) is 13.7. The van der Waals surface area contributed by atoms with Crippen LogP contribution in [0.15, 0.2) is 46.9 Å². The molecular formula is C22H19BrN4O4. The van der Waals surface area contributed by atoms with Crippen molar-refractivity contribution in [3.05, 3.63) is 63.6 Å². The summed E-state index contributed by atoms with van der Waals surface area (Å²) in [5, 5.41) is 14.0. The zero-order valence-corrected chi connectivity index (χ0v) is 18.1. The number of imide groups is 1. The van der Waals surface area contributed by atoms with Crippen LogP contribution in [0.3, 0.4) is 0 Å². The number of hydrogen-bond donors (Lipinski definition) is 2. The average Bonchev–Trinajstić information content (AvgIpc) is 2.97. The number of nitrogens with one attached hydrogen (secondary N) is 2. The molecule has 0 saturated heterocycles. The maximum atomic E-state index is 12.4. The SMILES string of the molecule is N#CCC(=O)Nc1ccccc1CNC(=O)CCCN1C(=O)c2ccc(Br)cc2C1=O. The molecule has 9 heteroatoms. The lowest BCUT2D eigenvalue weighted by Crippen LogP contribution is -2.32. The predicted molar refractivity (Wildman–Crippen MR) is 116 cm³/mol. The van der Waals surface area contributed by atoms with Gasteiger partial charge in [-0.2, -0.15) is 5.26 Å². The van der Waals surface area contributed by atoms with Gasteiger partial charge in [0.15, 0.2) is 0 Å². The molecule has 1 heterocycles. The van der Waals surface area contributed by atoms with Gasteiger partial charge in [-0.15, -0.1) is 0 Å². The fourth-order valence-corrected chi connectivity index (χ4v) is 3.57. The highest BCUT2D eigenvalue weighted by Crippen LogP contribution is 2.26. The van der Waals surface area contributed by atoms with Crippen LogP contribution < -0.4 is 10.6 Å². The zero-order valence-electron chi connectivity index (χ0n) is 16.5. The highest BCUT2D eigenvalue weighted by atomic mass is 79.9. The molecule has 158 valence electrons. The summed E-state index contributed by atoms with van der Waals surface area (Å²) in [6.45, 7) is 0.348. The van der Waals surface area contributed by atoms with E-state index in [1.807, 2.05) is 0 Å². The predicted octanol–water partition coefficient (Wildman–Crippen LogP) is 2.99. The van der Waals surface area contributed by atoms with Crippen LogP contribution in [0.4, 0.5) is 5.69 Å². The van der Waals surface area contributed by atoms with Gasteiger partial charge in [0.05, 0.1) is 17.2 Å². The molecule has 1 aliphatic rings. The van der Waals surface area contributed by atoms with E-state index in [9.17, 15) is 19.2 Å². The number of nitriles is 1. The molecule has 31 heavy (non-hydrogen) atoms. The molecule has 3 rings (SSSR count). The largest absolute Gasteiger partial charge is 0.352 e. The summed E-state index contributed by atoms with van der Waals surface area (Å²) in [5.74, 6) is -1.37. The molecule has 0 spiro atoms. The van der Waals surface area contributed by atoms with E-state index in [2.05, 4.69) is 26.6 Å². The van der Waals surface area contributed by atoms with Gasteiger partial charge in [-0.1, -0.05) is 34.1 Å². The number of fused-ring (bicyclic) bond motifs is 1. The Morgan fingerprint density at radius 1 is 1.03 bits per heavy atom. The number of halogens is 1. The van der Waals surface area contributed by atoms with Crippen LogP contribution >= 0.6 is 15.9 Å². The van der Waals surface area contributed by atoms with Gasteiger partial charge in [-0.3, -0.25) is 24.1 Å². The lowest BCUT2D eigenvalue weighted by atomic mass is 10.1. The molecule has 0 fully saturated rings. The lowest BCUT2D eigenvalue weighted by Gasteiger charge is -2.14. The van der Waals surface area contributed by atoms with E-state index in [0.717, 1.165) is 9.37 Å². The van der Waals surface area contributed by atoms with Crippen molar-refractivity contribution in [3.8, 4) is 6.07 Å². The number of benzene rings is 2. The number of hydrogen-bond acceptors (Lipinski definition) is 5. The molecular weight excluding hydrogens is 464 g/mol. The van der Waals surface area contributed by atoms with E-state index in [4.69, 9.17) is 5.26 Å². The summed E-state index contributed by atoms with van der Waals surface area (Å²) in [6.07, 6.45) is 0.217. The van der Waals surface area contributed by atoms with Crippen molar-refractivity contribution < 1.29 is 19.2 Å². The Morgan fingerprint density at radius 2 is 1.77 bits per heavy atom. The first kappa shape index (κ1) is 22.2. The van der Waals surface area contributed by atoms with Gasteiger partial charge in [-0.25, -0.2) is 0 Å². The lowest BCUT2D eigenvalue weighted by molar-refractivity contribution is -0.121. The summed E-state index contributed by atoms with van der Waals surface area (Å²) in [5.41, 5.74) is 1.96. The second kappa shape index (κ2) is 10.00. The van der Waals surface area contributed by atoms with Gasteiger partial charge in [0.25, 0.3) is 11.8 Å². The molecule has 2 N–H and O–H groups in total. The molecule has 1 aliphatic heterocycles. The van der Waals surface area contributed by atoms with Crippen LogP contribution in [-0.4, -0.2) is 35.1 Å². The minimum Gasteiger partial charge on any atom is -0.352 e. The van der Waals surface area contributed by atoms with Crippen LogP contribution in [0, 0.1) is 11.3 Å². The third-order valence-corrected chi connectivity index (χ3v) is 5.22. The Hall–Kier alpha value is -3.51. The summed E-state index contributed by atoms with van der Waals surface area (Å²) in [7, 11) is 0. The maximum absolute atomic E-state index is 12.4. The first-order chi connectivity index (χ1) is 14.9. The van der Waals surface area contributed by atoms with Crippen molar-refractivity contribution in [3.63, 3.8) is 0 Å². The Balaban J connectivity index is 1.49. The molecule has 0 atom stereocenters. The van der Waals surface area contributed by atoms with E-state index in [-0.39, 0.29) is 43.7 Å². The standard InChI is InChI=1S/C22H19BrN4O4/c23-15-7-8-16-17(12-15)22(31)27(21(16)30)11-3-6-19(28)25-13-14-4-1-2-5-18(14)26-20(29)9-10-24/h1-2,4-5,7-8,12H,3,6,9,11,13H2,(H,25,28)(H,26,29). The first-order valence-electron chi connectivity index (χ1n) is 9.58. The van der Waals surface area contributed by atoms with E-state index < -0.39 is 5.91 Å². The van der Waals surface area contributed by atoms with Crippen LogP contribution in [0.2, 0.25) is 0 Å². The van der Waals surface area contributed by atoms with Crippen molar-refractivity contribution in [2.45, 2.75) is 25.8 Å². The number of para-hydroxylation sites is 1. The number of nitrogens with zero attached hydrogens (tertiary/aromatic N) is 2. The summed E-state index contributed by atoms with van der Waals surface area (Å²) in [4.78, 5) is 49.9. The fourth-order valence-electron chi connectivity index (χ4n) is 3.21. The van der Waals surface area contributed by atoms with E-state index in [0.29, 0.717) is 28.8 Å². The maximum Gasteiger partial charge on any atom is 0.261 e. The average molecular weight is 483 g/mol. The number of carbonyl (C=O) groups excluding carboxylic acids is 4. The number of amides is 4. The van der Waals surface area contributed by atoms with Crippen molar-refractivity contribution in [2.75, 3.05) is 11.9 Å². The Labute approximate surface area is 187 Å². The van der Waals surface area contributed by atoms with E-state index in [1.165, 1.54) is 0 Å². The smallest absolute Gasteiger partial charge is 0.261 e. The third-order valence-electron chi connectivity index (χ3n) is 4.73. The van der Waals surface area contributed by atoms with Crippen LogP contribution in [0.25, 0.3) is 0 Å². The van der Waals surface area contributed by atoms with Gasteiger partial charge in [-0.05, 0) is 36.2 Å². The van der Waals surface area contributed by atoms with Gasteiger partial charge < -0.3 is 10.6 Å². The second-order valence-corrected chi connectivity index (χ2v) is 7.79. The normalized spacial score (nSPS) is 12.3. The van der Waals surface area contributed by atoms with Crippen LogP contribution in [-0.2, 0) is 16.1 Å². The zero-order chi connectivity index (χ0) is 22.4. The minimum atomic E-state index is -0.422. The topological polar surface area (TPSA) is 119 Å². The number of rotatable bonds is 8. The Bertz CT molecular complexity index is 1090. The molecule has 8 nitrogen and oxygen atoms in total. The van der Waals surface area contributed by atoms with Crippen LogP contribution in [0.5, 0.6) is 0 Å². The third kappa shape index (κ3) is 5.35. The quantitative estimate of drug-likeness (QED) is 0.560. The van der Waals surface area contributed by atoms with Gasteiger partial charge in [0.2, 0.25) is 11.8 Å². The van der Waals surface area contributed by atoms with Crippen molar-refractivity contribution in [2.24, 2.45) is 0 Å². The van der Waals surface area contributed by atoms with Gasteiger partial charge in [0.1, 0.15) is 6.42 Å². The molecule has 2 aromatic carbocycles. The molecule has 0 saturated carbocycles. The molecule has 0 aromatic heterocycles. The molecule has 0 aliphatic carbocycles. The summed E-state index contributed by atoms with van der Waals surface area (Å²) < 4.78 is 0.720. The highest BCUT2D eigenvalue weighted by Gasteiger charge is 2.35. The fraction of sp³-hybridized carbons (Fsp3) is 0.227. The van der Waals surface area contributed by atoms with Crippen LogP contribution in [0.1, 0.15) is 45.5 Å².